The Balaban J connectivity index is 0.000000775. The molecule has 0 unspecified atom stereocenters. The van der Waals surface area contributed by atoms with E-state index < -0.39 is 6.10 Å². The highest BCUT2D eigenvalue weighted by Gasteiger charge is 2.42. The number of H-pyrrole nitrogens is 1. The van der Waals surface area contributed by atoms with Crippen LogP contribution in [0.4, 0.5) is 0 Å². The normalized spacial score (nSPS) is 25.1. The summed E-state index contributed by atoms with van der Waals surface area (Å²) in [7, 11) is 0. The lowest BCUT2D eigenvalue weighted by atomic mass is 9.78. The summed E-state index contributed by atoms with van der Waals surface area (Å²) in [5.41, 5.74) is 4.12. The second-order valence-electron chi connectivity index (χ2n) is 8.76. The standard InChI is InChI=1S/C23H28N4O2.CH2O2/c1-14-5-6-21(15(2)26-14)29-22-9-17-12-27(11-16(17)8-20(22)28)13-18-10-25-23-19(18)4-3-7-24-23;2-1-3/h3-7,10,16-17,20,22,28H,8-9,11-13H2,1-2H3,(H,24,25);1H,(H,2,3)/t16-,17+,20+,22+;/m0./s1. The molecule has 0 radical (unpaired) electrons. The topological polar surface area (TPSA) is 112 Å². The number of aromatic nitrogens is 3. The monoisotopic (exact) mass is 438 g/mol. The van der Waals surface area contributed by atoms with Crippen molar-refractivity contribution in [3.8, 4) is 5.75 Å². The van der Waals surface area contributed by atoms with Crippen LogP contribution in [-0.2, 0) is 11.3 Å². The SMILES string of the molecule is Cc1ccc(O[C@@H]2C[C@@H]3CN(Cc4c[nH]c5ncccc45)C[C@@H]3C[C@H]2O)c(C)n1.O=CO. The summed E-state index contributed by atoms with van der Waals surface area (Å²) in [5, 5.41) is 18.8. The minimum absolute atomic E-state index is 0.156. The number of fused-ring (bicyclic) bond motifs is 2. The molecule has 0 spiro atoms. The van der Waals surface area contributed by atoms with Crippen molar-refractivity contribution < 1.29 is 19.7 Å². The van der Waals surface area contributed by atoms with Crippen LogP contribution in [0.3, 0.4) is 0 Å². The van der Waals surface area contributed by atoms with Crippen molar-refractivity contribution in [1.29, 1.82) is 0 Å². The van der Waals surface area contributed by atoms with E-state index in [0.29, 0.717) is 11.8 Å². The smallest absolute Gasteiger partial charge is 0.290 e. The van der Waals surface area contributed by atoms with Crippen molar-refractivity contribution in [1.82, 2.24) is 19.9 Å². The minimum Gasteiger partial charge on any atom is -0.486 e. The Morgan fingerprint density at radius 1 is 1.22 bits per heavy atom. The lowest BCUT2D eigenvalue weighted by molar-refractivity contribution is -0.122. The number of carboxylic acid groups (broad SMARTS) is 1. The zero-order chi connectivity index (χ0) is 22.7. The van der Waals surface area contributed by atoms with Crippen LogP contribution < -0.4 is 4.74 Å². The van der Waals surface area contributed by atoms with Crippen LogP contribution in [0.5, 0.6) is 5.75 Å². The molecule has 1 saturated heterocycles. The molecule has 4 heterocycles. The van der Waals surface area contributed by atoms with Gasteiger partial charge in [-0.2, -0.15) is 0 Å². The van der Waals surface area contributed by atoms with Gasteiger partial charge in [0.15, 0.2) is 0 Å². The first-order chi connectivity index (χ1) is 15.5. The number of nitrogens with one attached hydrogen (secondary N) is 1. The molecule has 4 atom stereocenters. The van der Waals surface area contributed by atoms with Crippen molar-refractivity contribution in [2.24, 2.45) is 11.8 Å². The number of aliphatic hydroxyl groups excluding tert-OH is 1. The van der Waals surface area contributed by atoms with Crippen LogP contribution >= 0.6 is 0 Å². The maximum absolute atomic E-state index is 10.7. The molecule has 8 nitrogen and oxygen atoms in total. The first-order valence-electron chi connectivity index (χ1n) is 11.0. The fourth-order valence-electron chi connectivity index (χ4n) is 5.09. The van der Waals surface area contributed by atoms with Gasteiger partial charge in [0.1, 0.15) is 17.5 Å². The summed E-state index contributed by atoms with van der Waals surface area (Å²) in [6, 6.07) is 8.06. The van der Waals surface area contributed by atoms with Crippen molar-refractivity contribution in [2.75, 3.05) is 13.1 Å². The number of nitrogens with zero attached hydrogens (tertiary/aromatic N) is 3. The zero-order valence-electron chi connectivity index (χ0n) is 18.4. The van der Waals surface area contributed by atoms with E-state index >= 15 is 0 Å². The summed E-state index contributed by atoms with van der Waals surface area (Å²) >= 11 is 0. The second kappa shape index (κ2) is 9.67. The van der Waals surface area contributed by atoms with Crippen molar-refractivity contribution in [2.45, 2.75) is 45.4 Å². The van der Waals surface area contributed by atoms with Crippen LogP contribution in [0.25, 0.3) is 11.0 Å². The van der Waals surface area contributed by atoms with Gasteiger partial charge in [0.2, 0.25) is 0 Å². The van der Waals surface area contributed by atoms with Gasteiger partial charge >= 0.3 is 0 Å². The Bertz CT molecular complexity index is 1070. The van der Waals surface area contributed by atoms with E-state index in [1.165, 1.54) is 10.9 Å². The van der Waals surface area contributed by atoms with Gasteiger partial charge in [0, 0.05) is 43.1 Å². The molecule has 32 heavy (non-hydrogen) atoms. The molecule has 3 aromatic rings. The van der Waals surface area contributed by atoms with Crippen LogP contribution in [0.15, 0.2) is 36.7 Å². The average Bonchev–Trinajstić information content (AvgIpc) is 3.34. The van der Waals surface area contributed by atoms with Gasteiger partial charge in [-0.1, -0.05) is 0 Å². The summed E-state index contributed by atoms with van der Waals surface area (Å²) in [6.07, 6.45) is 5.02. The molecule has 0 aromatic carbocycles. The van der Waals surface area contributed by atoms with E-state index in [1.807, 2.05) is 38.2 Å². The molecule has 0 bridgehead atoms. The van der Waals surface area contributed by atoms with E-state index in [9.17, 15) is 5.11 Å². The van der Waals surface area contributed by atoms with Gasteiger partial charge in [-0.25, -0.2) is 4.98 Å². The van der Waals surface area contributed by atoms with Gasteiger partial charge in [-0.3, -0.25) is 14.7 Å². The minimum atomic E-state index is -0.422. The molecular formula is C24H30N4O4. The first kappa shape index (κ1) is 22.2. The second-order valence-corrected chi connectivity index (χ2v) is 8.76. The average molecular weight is 439 g/mol. The molecule has 3 N–H and O–H groups in total. The Morgan fingerprint density at radius 2 is 1.97 bits per heavy atom. The maximum Gasteiger partial charge on any atom is 0.290 e. The van der Waals surface area contributed by atoms with Gasteiger partial charge in [0.25, 0.3) is 6.47 Å². The number of hydrogen-bond donors (Lipinski definition) is 3. The van der Waals surface area contributed by atoms with Gasteiger partial charge < -0.3 is 19.9 Å². The van der Waals surface area contributed by atoms with Crippen LogP contribution in [-0.4, -0.2) is 61.8 Å². The van der Waals surface area contributed by atoms with E-state index in [-0.39, 0.29) is 12.6 Å². The van der Waals surface area contributed by atoms with E-state index in [1.54, 1.807) is 0 Å². The van der Waals surface area contributed by atoms with E-state index in [2.05, 4.69) is 32.1 Å². The molecule has 0 amide bonds. The number of likely N-dealkylation sites (tertiary alicyclic amines) is 1. The Kier molecular flexibility index (Phi) is 6.72. The van der Waals surface area contributed by atoms with Gasteiger partial charge in [0.05, 0.1) is 11.8 Å². The number of hydrogen-bond acceptors (Lipinski definition) is 6. The third-order valence-electron chi connectivity index (χ3n) is 6.55. The zero-order valence-corrected chi connectivity index (χ0v) is 18.4. The van der Waals surface area contributed by atoms with Crippen LogP contribution in [0.1, 0.15) is 29.8 Å². The van der Waals surface area contributed by atoms with Crippen molar-refractivity contribution >= 4 is 17.5 Å². The molecule has 1 aliphatic heterocycles. The highest BCUT2D eigenvalue weighted by atomic mass is 16.5. The molecule has 2 fully saturated rings. The molecule has 1 aliphatic carbocycles. The van der Waals surface area contributed by atoms with Crippen molar-refractivity contribution in [3.05, 3.63) is 53.6 Å². The number of carbonyl (C=O) groups is 1. The molecule has 8 heteroatoms. The largest absolute Gasteiger partial charge is 0.486 e. The molecular weight excluding hydrogens is 408 g/mol. The number of aliphatic hydroxyl groups is 1. The Labute approximate surface area is 187 Å². The fourth-order valence-corrected chi connectivity index (χ4v) is 5.09. The molecule has 2 aliphatic rings. The van der Waals surface area contributed by atoms with Crippen LogP contribution in [0.2, 0.25) is 0 Å². The third-order valence-corrected chi connectivity index (χ3v) is 6.55. The number of aromatic amines is 1. The molecule has 1 saturated carbocycles. The van der Waals surface area contributed by atoms with Crippen LogP contribution in [0, 0.1) is 25.7 Å². The number of ether oxygens (including phenoxy) is 1. The summed E-state index contributed by atoms with van der Waals surface area (Å²) in [5.74, 6) is 1.88. The summed E-state index contributed by atoms with van der Waals surface area (Å²) in [4.78, 5) is 23.0. The Hall–Kier alpha value is -2.97. The predicted molar refractivity (Wildman–Crippen MR) is 120 cm³/mol. The Morgan fingerprint density at radius 3 is 2.72 bits per heavy atom. The molecule has 170 valence electrons. The highest BCUT2D eigenvalue weighted by molar-refractivity contribution is 5.79. The summed E-state index contributed by atoms with van der Waals surface area (Å²) in [6.45, 7) is 6.70. The van der Waals surface area contributed by atoms with Crippen molar-refractivity contribution in [3.63, 3.8) is 0 Å². The quantitative estimate of drug-likeness (QED) is 0.537. The fraction of sp³-hybridized carbons (Fsp3) is 0.458. The number of aryl methyl sites for hydroxylation is 2. The first-order valence-corrected chi connectivity index (χ1v) is 11.0. The lowest BCUT2D eigenvalue weighted by Gasteiger charge is -2.35. The van der Waals surface area contributed by atoms with Gasteiger partial charge in [-0.05, 0) is 68.4 Å². The van der Waals surface area contributed by atoms with Gasteiger partial charge in [-0.15, -0.1) is 0 Å². The van der Waals surface area contributed by atoms with E-state index in [0.717, 1.165) is 55.3 Å². The predicted octanol–water partition coefficient (Wildman–Crippen LogP) is 2.93. The van der Waals surface area contributed by atoms with E-state index in [4.69, 9.17) is 14.6 Å². The lowest BCUT2D eigenvalue weighted by Crippen LogP contribution is -2.42. The molecule has 3 aromatic heterocycles. The highest BCUT2D eigenvalue weighted by Crippen LogP contribution is 2.39. The molecule has 5 rings (SSSR count). The number of rotatable bonds is 4. The number of pyridine rings is 2. The maximum atomic E-state index is 10.7. The summed E-state index contributed by atoms with van der Waals surface area (Å²) < 4.78 is 6.22. The third kappa shape index (κ3) is 4.76.